The number of rotatable bonds is 2. The fourth-order valence-electron chi connectivity index (χ4n) is 1.64. The number of carbonyl (C=O) groups excluding carboxylic acids is 1. The molecule has 0 atom stereocenters. The SMILES string of the molecule is O=C([CH]C(Br)(Br)Br)NC1CCCCC1. The maximum absolute atomic E-state index is 11.5. The number of hydrogen-bond acceptors (Lipinski definition) is 1. The van der Waals surface area contributed by atoms with Gasteiger partial charge >= 0.3 is 0 Å². The molecule has 5 heteroatoms. The Bertz CT molecular complexity index is 197. The molecule has 14 heavy (non-hydrogen) atoms. The summed E-state index contributed by atoms with van der Waals surface area (Å²) < 4.78 is -0.578. The highest BCUT2D eigenvalue weighted by Gasteiger charge is 2.24. The summed E-state index contributed by atoms with van der Waals surface area (Å²) in [4.78, 5) is 11.5. The van der Waals surface area contributed by atoms with Crippen LogP contribution in [0.3, 0.4) is 0 Å². The molecule has 1 aliphatic rings. The maximum atomic E-state index is 11.5. The normalized spacial score (nSPS) is 19.4. The molecular formula is C9H13Br3NO. The molecule has 1 saturated carbocycles. The van der Waals surface area contributed by atoms with Crippen molar-refractivity contribution in [2.75, 3.05) is 0 Å². The van der Waals surface area contributed by atoms with Gasteiger partial charge in [0.15, 0.2) is 0 Å². The van der Waals surface area contributed by atoms with Gasteiger partial charge in [0.05, 0.1) is 6.42 Å². The van der Waals surface area contributed by atoms with Gasteiger partial charge in [-0.2, -0.15) is 0 Å². The Morgan fingerprint density at radius 2 is 1.79 bits per heavy atom. The lowest BCUT2D eigenvalue weighted by Gasteiger charge is -2.23. The second-order valence-corrected chi connectivity index (χ2v) is 10.5. The van der Waals surface area contributed by atoms with Gasteiger partial charge in [-0.1, -0.05) is 67.1 Å². The van der Waals surface area contributed by atoms with Crippen molar-refractivity contribution in [3.8, 4) is 0 Å². The van der Waals surface area contributed by atoms with Crippen LogP contribution in [0.4, 0.5) is 0 Å². The predicted octanol–water partition coefficient (Wildman–Crippen LogP) is 3.48. The average Bonchev–Trinajstić information content (AvgIpc) is 2.02. The molecule has 1 aliphatic carbocycles. The van der Waals surface area contributed by atoms with E-state index in [2.05, 4.69) is 53.1 Å². The Hall–Kier alpha value is 0.910. The fourth-order valence-corrected chi connectivity index (χ4v) is 2.26. The predicted molar refractivity (Wildman–Crippen MR) is 68.8 cm³/mol. The van der Waals surface area contributed by atoms with Crippen LogP contribution in [0.5, 0.6) is 0 Å². The molecule has 0 heterocycles. The van der Waals surface area contributed by atoms with Gasteiger partial charge in [0, 0.05) is 6.04 Å². The molecule has 2 nitrogen and oxygen atoms in total. The summed E-state index contributed by atoms with van der Waals surface area (Å²) in [5.41, 5.74) is 0. The molecule has 0 aromatic carbocycles. The first kappa shape index (κ1) is 13.0. The van der Waals surface area contributed by atoms with Crippen LogP contribution >= 0.6 is 47.8 Å². The Morgan fingerprint density at radius 3 is 2.29 bits per heavy atom. The lowest BCUT2D eigenvalue weighted by Crippen LogP contribution is -2.37. The van der Waals surface area contributed by atoms with Crippen LogP contribution in [0.1, 0.15) is 32.1 Å². The van der Waals surface area contributed by atoms with E-state index in [1.165, 1.54) is 25.7 Å². The topological polar surface area (TPSA) is 29.1 Å². The lowest BCUT2D eigenvalue weighted by molar-refractivity contribution is -0.118. The van der Waals surface area contributed by atoms with Crippen LogP contribution in [-0.4, -0.2) is 14.1 Å². The number of carbonyl (C=O) groups is 1. The third kappa shape index (κ3) is 5.71. The largest absolute Gasteiger partial charge is 0.353 e. The van der Waals surface area contributed by atoms with Gasteiger partial charge in [-0.25, -0.2) is 0 Å². The summed E-state index contributed by atoms with van der Waals surface area (Å²) in [7, 11) is 0. The third-order valence-electron chi connectivity index (χ3n) is 2.25. The maximum Gasteiger partial charge on any atom is 0.227 e. The van der Waals surface area contributed by atoms with E-state index in [0.29, 0.717) is 6.04 Å². The third-order valence-corrected chi connectivity index (χ3v) is 2.93. The van der Waals surface area contributed by atoms with Crippen LogP contribution in [0.25, 0.3) is 0 Å². The molecule has 0 aromatic rings. The van der Waals surface area contributed by atoms with E-state index in [4.69, 9.17) is 0 Å². The van der Waals surface area contributed by atoms with Crippen molar-refractivity contribution in [3.05, 3.63) is 6.42 Å². The summed E-state index contributed by atoms with van der Waals surface area (Å²) >= 11 is 9.78. The zero-order chi connectivity index (χ0) is 10.6. The second-order valence-electron chi connectivity index (χ2n) is 3.53. The number of alkyl halides is 3. The lowest BCUT2D eigenvalue weighted by atomic mass is 9.95. The summed E-state index contributed by atoms with van der Waals surface area (Å²) in [6.07, 6.45) is 7.51. The van der Waals surface area contributed by atoms with Gasteiger partial charge in [0.2, 0.25) is 5.91 Å². The molecule has 0 spiro atoms. The van der Waals surface area contributed by atoms with Crippen LogP contribution in [-0.2, 0) is 4.79 Å². The molecule has 0 aliphatic heterocycles. The van der Waals surface area contributed by atoms with Crippen LogP contribution < -0.4 is 5.32 Å². The molecule has 0 bridgehead atoms. The smallest absolute Gasteiger partial charge is 0.227 e. The molecule has 1 fully saturated rings. The number of amides is 1. The van der Waals surface area contributed by atoms with Gasteiger partial charge < -0.3 is 5.32 Å². The zero-order valence-corrected chi connectivity index (χ0v) is 12.5. The van der Waals surface area contributed by atoms with E-state index < -0.39 is 2.14 Å². The van der Waals surface area contributed by atoms with Crippen molar-refractivity contribution in [2.24, 2.45) is 0 Å². The Kier molecular flexibility index (Phi) is 5.42. The quantitative estimate of drug-likeness (QED) is 0.718. The number of hydrogen-bond donors (Lipinski definition) is 1. The molecule has 0 saturated heterocycles. The standard InChI is InChI=1S/C9H13Br3NO/c10-9(11,12)6-8(14)13-7-4-2-1-3-5-7/h6-7H,1-5H2,(H,13,14). The minimum atomic E-state index is -0.578. The van der Waals surface area contributed by atoms with Crippen molar-refractivity contribution in [1.82, 2.24) is 5.32 Å². The van der Waals surface area contributed by atoms with E-state index in [-0.39, 0.29) is 5.91 Å². The van der Waals surface area contributed by atoms with Crippen LogP contribution in [0.15, 0.2) is 0 Å². The molecule has 1 amide bonds. The van der Waals surface area contributed by atoms with E-state index >= 15 is 0 Å². The first-order valence-corrected chi connectivity index (χ1v) is 7.08. The Morgan fingerprint density at radius 1 is 1.21 bits per heavy atom. The molecule has 0 aromatic heterocycles. The summed E-state index contributed by atoms with van der Waals surface area (Å²) in [5.74, 6) is -0.0393. The van der Waals surface area contributed by atoms with Gasteiger partial charge in [0.25, 0.3) is 0 Å². The van der Waals surface area contributed by atoms with Gasteiger partial charge in [-0.15, -0.1) is 0 Å². The summed E-state index contributed by atoms with van der Waals surface area (Å²) in [6, 6.07) is 0.363. The molecule has 1 rings (SSSR count). The fraction of sp³-hybridized carbons (Fsp3) is 0.778. The van der Waals surface area contributed by atoms with E-state index in [1.807, 2.05) is 0 Å². The first-order chi connectivity index (χ1) is 6.47. The monoisotopic (exact) mass is 388 g/mol. The summed E-state index contributed by atoms with van der Waals surface area (Å²) in [6.45, 7) is 0. The van der Waals surface area contributed by atoms with Gasteiger partial charge in [-0.05, 0) is 12.8 Å². The summed E-state index contributed by atoms with van der Waals surface area (Å²) in [5, 5.41) is 2.99. The highest BCUT2D eigenvalue weighted by Crippen LogP contribution is 2.36. The van der Waals surface area contributed by atoms with E-state index in [0.717, 1.165) is 12.8 Å². The van der Waals surface area contributed by atoms with Gasteiger partial charge in [0.1, 0.15) is 2.14 Å². The Labute approximate surface area is 110 Å². The van der Waals surface area contributed by atoms with E-state index in [1.54, 1.807) is 0 Å². The molecule has 1 radical (unpaired) electrons. The van der Waals surface area contributed by atoms with Crippen molar-refractivity contribution < 1.29 is 4.79 Å². The van der Waals surface area contributed by atoms with Gasteiger partial charge in [-0.3, -0.25) is 4.79 Å². The van der Waals surface area contributed by atoms with Crippen LogP contribution in [0.2, 0.25) is 0 Å². The highest BCUT2D eigenvalue weighted by atomic mass is 80.0. The molecule has 0 unspecified atom stereocenters. The number of halogens is 3. The van der Waals surface area contributed by atoms with Crippen LogP contribution in [0, 0.1) is 6.42 Å². The highest BCUT2D eigenvalue weighted by molar-refractivity contribution is 9.39. The van der Waals surface area contributed by atoms with Crippen molar-refractivity contribution in [1.29, 1.82) is 0 Å². The molecule has 1 N–H and O–H groups in total. The van der Waals surface area contributed by atoms with Crippen molar-refractivity contribution >= 4 is 53.7 Å². The second kappa shape index (κ2) is 5.85. The van der Waals surface area contributed by atoms with Crippen molar-refractivity contribution in [3.63, 3.8) is 0 Å². The first-order valence-electron chi connectivity index (χ1n) is 4.70. The Balaban J connectivity index is 2.25. The number of nitrogens with one attached hydrogen (secondary N) is 1. The van der Waals surface area contributed by atoms with E-state index in [9.17, 15) is 4.79 Å². The molecular weight excluding hydrogens is 378 g/mol. The minimum absolute atomic E-state index is 0.0393. The van der Waals surface area contributed by atoms with Crippen molar-refractivity contribution in [2.45, 2.75) is 40.3 Å². The minimum Gasteiger partial charge on any atom is -0.353 e. The molecule has 81 valence electrons. The zero-order valence-electron chi connectivity index (χ0n) is 7.73. The average molecular weight is 391 g/mol.